The van der Waals surface area contributed by atoms with E-state index in [1.165, 1.54) is 18.2 Å². The summed E-state index contributed by atoms with van der Waals surface area (Å²) in [6.07, 6.45) is 0.655. The van der Waals surface area contributed by atoms with Crippen LogP contribution in [0.15, 0.2) is 41.2 Å². The Morgan fingerprint density at radius 3 is 2.41 bits per heavy atom. The number of halogens is 2. The molecule has 1 N–H and O–H groups in total. The van der Waals surface area contributed by atoms with Gasteiger partial charge in [0.05, 0.1) is 17.9 Å². The third-order valence-corrected chi connectivity index (χ3v) is 4.42. The van der Waals surface area contributed by atoms with Gasteiger partial charge in [0, 0.05) is 6.54 Å². The van der Waals surface area contributed by atoms with Gasteiger partial charge in [-0.15, -0.1) is 4.68 Å². The number of carboxylic acids is 1. The fourth-order valence-corrected chi connectivity index (χ4v) is 2.92. The molecule has 0 unspecified atom stereocenters. The van der Waals surface area contributed by atoms with Gasteiger partial charge >= 0.3 is 17.7 Å². The van der Waals surface area contributed by atoms with E-state index in [2.05, 4.69) is 10.4 Å². The first-order chi connectivity index (χ1) is 15.3. The second-order valence-electron chi connectivity index (χ2n) is 6.52. The average molecular weight is 447 g/mol. The van der Waals surface area contributed by atoms with Gasteiger partial charge in [-0.25, -0.2) is 23.2 Å². The fourth-order valence-electron chi connectivity index (χ4n) is 2.92. The average Bonchev–Trinajstić information content (AvgIpc) is 3.14. The molecule has 168 valence electrons. The van der Waals surface area contributed by atoms with Gasteiger partial charge in [-0.1, -0.05) is 13.0 Å². The molecule has 0 radical (unpaired) electrons. The molecule has 12 heteroatoms. The largest absolute Gasteiger partial charge is 0.491 e. The van der Waals surface area contributed by atoms with Gasteiger partial charge < -0.3 is 9.84 Å². The Morgan fingerprint density at radius 1 is 1.12 bits per heavy atom. The minimum Gasteiger partial charge on any atom is -0.491 e. The smallest absolute Gasteiger partial charge is 0.377 e. The highest BCUT2D eigenvalue weighted by atomic mass is 19.1. The van der Waals surface area contributed by atoms with Crippen LogP contribution in [0.2, 0.25) is 0 Å². The van der Waals surface area contributed by atoms with Crippen LogP contribution in [-0.4, -0.2) is 50.0 Å². The molecule has 1 amide bonds. The molecular formula is C20H19F2N5O5. The Kier molecular flexibility index (Phi) is 6.61. The van der Waals surface area contributed by atoms with Crippen molar-refractivity contribution >= 4 is 17.7 Å². The summed E-state index contributed by atoms with van der Waals surface area (Å²) in [6, 6.07) is 5.90. The molecule has 2 aromatic carbocycles. The van der Waals surface area contributed by atoms with E-state index in [1.807, 2.05) is 6.92 Å². The first-order valence-electron chi connectivity index (χ1n) is 9.61. The van der Waals surface area contributed by atoms with E-state index >= 15 is 0 Å². The lowest BCUT2D eigenvalue weighted by Crippen LogP contribution is -2.41. The summed E-state index contributed by atoms with van der Waals surface area (Å²) in [6.45, 7) is 3.75. The number of amides is 1. The number of nitrogens with zero attached hydrogens (tertiary/aromatic N) is 5. The van der Waals surface area contributed by atoms with Crippen LogP contribution in [-0.2, 0) is 0 Å². The summed E-state index contributed by atoms with van der Waals surface area (Å²) in [5.74, 6) is -3.14. The number of ether oxygens (including phenoxy) is 1. The number of benzene rings is 2. The monoisotopic (exact) mass is 447 g/mol. The molecule has 0 atom stereocenters. The van der Waals surface area contributed by atoms with Gasteiger partial charge in [0.15, 0.2) is 11.6 Å². The zero-order chi connectivity index (χ0) is 23.4. The van der Waals surface area contributed by atoms with Crippen LogP contribution in [0.25, 0.3) is 5.69 Å². The minimum absolute atomic E-state index is 0.00223. The number of carboxylic acid groups (broad SMARTS) is 1. The number of carbonyl (C=O) groups is 2. The van der Waals surface area contributed by atoms with Gasteiger partial charge in [0.1, 0.15) is 11.4 Å². The highest BCUT2D eigenvalue weighted by Crippen LogP contribution is 2.30. The number of rotatable bonds is 7. The highest BCUT2D eigenvalue weighted by molar-refractivity contribution is 5.97. The van der Waals surface area contributed by atoms with Crippen molar-refractivity contribution in [1.29, 1.82) is 0 Å². The fraction of sp³-hybridized carbons (Fsp3) is 0.250. The first kappa shape index (κ1) is 22.6. The molecule has 0 spiro atoms. The van der Waals surface area contributed by atoms with Gasteiger partial charge in [0.2, 0.25) is 0 Å². The molecule has 0 fully saturated rings. The Morgan fingerprint density at radius 2 is 1.81 bits per heavy atom. The van der Waals surface area contributed by atoms with E-state index in [1.54, 1.807) is 6.92 Å². The van der Waals surface area contributed by atoms with Gasteiger partial charge in [0.25, 0.3) is 0 Å². The lowest BCUT2D eigenvalue weighted by Gasteiger charge is -2.23. The molecule has 1 heterocycles. The summed E-state index contributed by atoms with van der Waals surface area (Å²) < 4.78 is 34.4. The number of anilines is 1. The molecule has 1 aromatic heterocycles. The minimum atomic E-state index is -1.23. The van der Waals surface area contributed by atoms with Crippen LogP contribution >= 0.6 is 0 Å². The predicted molar refractivity (Wildman–Crippen MR) is 109 cm³/mol. The second-order valence-corrected chi connectivity index (χ2v) is 6.52. The van der Waals surface area contributed by atoms with Gasteiger partial charge in [-0.3, -0.25) is 4.90 Å². The molecule has 3 rings (SSSR count). The molecule has 3 aromatic rings. The van der Waals surface area contributed by atoms with Crippen molar-refractivity contribution in [3.63, 3.8) is 0 Å². The van der Waals surface area contributed by atoms with E-state index in [9.17, 15) is 28.3 Å². The Hall–Kier alpha value is -4.09. The summed E-state index contributed by atoms with van der Waals surface area (Å²) in [5, 5.41) is 16.2. The van der Waals surface area contributed by atoms with Crippen LogP contribution in [0.5, 0.6) is 5.75 Å². The molecule has 0 saturated carbocycles. The topological polar surface area (TPSA) is 120 Å². The van der Waals surface area contributed by atoms with Crippen molar-refractivity contribution < 1.29 is 28.2 Å². The number of para-hydroxylation sites is 1. The lowest BCUT2D eigenvalue weighted by molar-refractivity contribution is 0.0696. The van der Waals surface area contributed by atoms with Crippen molar-refractivity contribution in [3.05, 3.63) is 64.1 Å². The Bertz CT molecular complexity index is 1200. The summed E-state index contributed by atoms with van der Waals surface area (Å²) in [7, 11) is 0. The van der Waals surface area contributed by atoms with Crippen LogP contribution in [0, 0.1) is 11.6 Å². The standard InChI is InChI=1S/C20H19F2N5O5/c1-3-10-32-16-9-8-12(18(28)29)11-15(16)25(4-2)19(30)27-20(31)26(23-24-27)17-13(21)6-5-7-14(17)22/h5-9,11H,3-4,10H2,1-2H3,(H,28,29). The highest BCUT2D eigenvalue weighted by Gasteiger charge is 2.26. The lowest BCUT2D eigenvalue weighted by atomic mass is 10.1. The molecule has 0 aliphatic rings. The molecule has 0 bridgehead atoms. The molecule has 10 nitrogen and oxygen atoms in total. The first-order valence-corrected chi connectivity index (χ1v) is 9.61. The molecule has 0 aliphatic heterocycles. The maximum absolute atomic E-state index is 14.1. The van der Waals surface area contributed by atoms with Crippen molar-refractivity contribution in [1.82, 2.24) is 19.8 Å². The van der Waals surface area contributed by atoms with Crippen molar-refractivity contribution in [2.75, 3.05) is 18.1 Å². The number of hydrogen-bond donors (Lipinski definition) is 1. The zero-order valence-electron chi connectivity index (χ0n) is 17.2. The number of aromatic carboxylic acids is 1. The van der Waals surface area contributed by atoms with E-state index < -0.39 is 35.0 Å². The van der Waals surface area contributed by atoms with E-state index in [0.29, 0.717) is 22.4 Å². The van der Waals surface area contributed by atoms with Crippen LogP contribution < -0.4 is 15.3 Å². The predicted octanol–water partition coefficient (Wildman–Crippen LogP) is 2.69. The third-order valence-electron chi connectivity index (χ3n) is 4.42. The van der Waals surface area contributed by atoms with E-state index in [-0.39, 0.29) is 23.5 Å². The zero-order valence-corrected chi connectivity index (χ0v) is 17.2. The van der Waals surface area contributed by atoms with Gasteiger partial charge in [-0.05, 0) is 54.1 Å². The second kappa shape index (κ2) is 9.37. The number of carbonyl (C=O) groups excluding carboxylic acids is 1. The molecule has 32 heavy (non-hydrogen) atoms. The molecule has 0 aliphatic carbocycles. The van der Waals surface area contributed by atoms with Crippen molar-refractivity contribution in [2.24, 2.45) is 0 Å². The van der Waals surface area contributed by atoms with Gasteiger partial charge in [-0.2, -0.15) is 4.68 Å². The maximum atomic E-state index is 14.1. The van der Waals surface area contributed by atoms with Crippen molar-refractivity contribution in [2.45, 2.75) is 20.3 Å². The molecule has 0 saturated heterocycles. The summed E-state index contributed by atoms with van der Waals surface area (Å²) in [5.41, 5.74) is -2.01. The Labute approximate surface area is 180 Å². The maximum Gasteiger partial charge on any atom is 0.377 e. The SMILES string of the molecule is CCCOc1ccc(C(=O)O)cc1N(CC)C(=O)n1nnn(-c2c(F)cccc2F)c1=O. The third kappa shape index (κ3) is 4.19. The van der Waals surface area contributed by atoms with E-state index in [4.69, 9.17) is 4.74 Å². The van der Waals surface area contributed by atoms with Crippen LogP contribution in [0.4, 0.5) is 19.3 Å². The number of aromatic nitrogens is 4. The van der Waals surface area contributed by atoms with Crippen LogP contribution in [0.1, 0.15) is 30.6 Å². The van der Waals surface area contributed by atoms with Crippen LogP contribution in [0.3, 0.4) is 0 Å². The number of hydrogen-bond acceptors (Lipinski definition) is 6. The van der Waals surface area contributed by atoms with E-state index in [0.717, 1.165) is 23.1 Å². The quantitative estimate of drug-likeness (QED) is 0.553. The van der Waals surface area contributed by atoms with Crippen molar-refractivity contribution in [3.8, 4) is 11.4 Å². The summed E-state index contributed by atoms with van der Waals surface area (Å²) in [4.78, 5) is 38.3. The normalized spacial score (nSPS) is 10.8. The Balaban J connectivity index is 2.07. The summed E-state index contributed by atoms with van der Waals surface area (Å²) >= 11 is 0. The molecular weight excluding hydrogens is 428 g/mol. The number of tetrazole rings is 1.